The molecular weight excluding hydrogens is 405 g/mol. The third kappa shape index (κ3) is 4.48. The van der Waals surface area contributed by atoms with Crippen molar-refractivity contribution in [2.45, 2.75) is 30.6 Å². The molecule has 2 fully saturated rings. The summed E-state index contributed by atoms with van der Waals surface area (Å²) in [5.41, 5.74) is 1.81. The van der Waals surface area contributed by atoms with E-state index in [1.807, 2.05) is 6.07 Å². The number of carbonyl (C=O) groups excluding carboxylic acids is 3. The molecule has 0 aromatic heterocycles. The molecule has 156 valence electrons. The van der Waals surface area contributed by atoms with Gasteiger partial charge in [-0.1, -0.05) is 24.3 Å². The van der Waals surface area contributed by atoms with Crippen LogP contribution >= 0.6 is 11.8 Å². The highest BCUT2D eigenvalue weighted by atomic mass is 32.2. The second-order valence-corrected chi connectivity index (χ2v) is 8.60. The van der Waals surface area contributed by atoms with Gasteiger partial charge in [0.2, 0.25) is 17.7 Å². The molecular formula is C22H22FN3O3S. The Bertz CT molecular complexity index is 984. The number of benzene rings is 2. The number of hydrogen-bond donors (Lipinski definition) is 2. The maximum absolute atomic E-state index is 13.9. The third-order valence-electron chi connectivity index (χ3n) is 5.25. The summed E-state index contributed by atoms with van der Waals surface area (Å²) in [6.45, 7) is 0.676. The van der Waals surface area contributed by atoms with Crippen molar-refractivity contribution in [2.24, 2.45) is 0 Å². The molecule has 0 saturated carbocycles. The number of rotatable bonds is 5. The fraction of sp³-hybridized carbons (Fsp3) is 0.318. The van der Waals surface area contributed by atoms with E-state index in [4.69, 9.17) is 0 Å². The molecule has 2 aromatic carbocycles. The van der Waals surface area contributed by atoms with Crippen molar-refractivity contribution in [3.63, 3.8) is 0 Å². The van der Waals surface area contributed by atoms with E-state index < -0.39 is 11.3 Å². The van der Waals surface area contributed by atoms with E-state index in [9.17, 15) is 18.8 Å². The van der Waals surface area contributed by atoms with Crippen LogP contribution in [0, 0.1) is 5.82 Å². The third-order valence-corrected chi connectivity index (χ3v) is 6.56. The average molecular weight is 428 g/mol. The number of carbonyl (C=O) groups is 3. The first-order valence-corrected chi connectivity index (χ1v) is 10.9. The van der Waals surface area contributed by atoms with E-state index in [1.165, 1.54) is 17.8 Å². The van der Waals surface area contributed by atoms with Gasteiger partial charge < -0.3 is 15.5 Å². The van der Waals surface area contributed by atoms with Crippen molar-refractivity contribution in [3.05, 3.63) is 59.9 Å². The van der Waals surface area contributed by atoms with Crippen LogP contribution in [0.5, 0.6) is 0 Å². The van der Waals surface area contributed by atoms with E-state index in [1.54, 1.807) is 41.3 Å². The lowest BCUT2D eigenvalue weighted by Crippen LogP contribution is -2.52. The highest BCUT2D eigenvalue weighted by Crippen LogP contribution is 2.26. The Morgan fingerprint density at radius 3 is 2.77 bits per heavy atom. The summed E-state index contributed by atoms with van der Waals surface area (Å²) in [6, 6.07) is 12.9. The number of nitrogens with zero attached hydrogens (tertiary/aromatic N) is 1. The van der Waals surface area contributed by atoms with Crippen molar-refractivity contribution in [3.8, 4) is 0 Å². The first-order valence-electron chi connectivity index (χ1n) is 9.88. The van der Waals surface area contributed by atoms with Gasteiger partial charge in [-0.05, 0) is 42.7 Å². The smallest absolute Gasteiger partial charge is 0.247 e. The van der Waals surface area contributed by atoms with Crippen LogP contribution in [-0.4, -0.2) is 41.3 Å². The predicted octanol–water partition coefficient (Wildman–Crippen LogP) is 2.73. The summed E-state index contributed by atoms with van der Waals surface area (Å²) < 4.78 is 13.9. The van der Waals surface area contributed by atoms with Crippen molar-refractivity contribution < 1.29 is 18.8 Å². The molecule has 2 heterocycles. The molecule has 0 bridgehead atoms. The summed E-state index contributed by atoms with van der Waals surface area (Å²) in [6.07, 6.45) is 1.65. The summed E-state index contributed by atoms with van der Waals surface area (Å²) in [5.74, 6) is -0.435. The number of nitrogens with one attached hydrogen (secondary N) is 2. The summed E-state index contributed by atoms with van der Waals surface area (Å²) in [7, 11) is 0. The van der Waals surface area contributed by atoms with Gasteiger partial charge in [0.15, 0.2) is 0 Å². The van der Waals surface area contributed by atoms with Gasteiger partial charge >= 0.3 is 0 Å². The zero-order valence-corrected chi connectivity index (χ0v) is 17.1. The molecule has 8 heteroatoms. The van der Waals surface area contributed by atoms with Crippen LogP contribution in [0.25, 0.3) is 0 Å². The van der Waals surface area contributed by atoms with E-state index in [-0.39, 0.29) is 30.0 Å². The zero-order valence-electron chi connectivity index (χ0n) is 16.3. The van der Waals surface area contributed by atoms with Crippen LogP contribution in [0.3, 0.4) is 0 Å². The molecule has 2 aliphatic rings. The quantitative estimate of drug-likeness (QED) is 0.769. The fourth-order valence-electron chi connectivity index (χ4n) is 3.65. The monoisotopic (exact) mass is 427 g/mol. The molecule has 3 amide bonds. The molecule has 0 aliphatic carbocycles. The molecule has 2 atom stereocenters. The first kappa shape index (κ1) is 20.4. The minimum atomic E-state index is -0.670. The Morgan fingerprint density at radius 1 is 1.20 bits per heavy atom. The Hall–Kier alpha value is -2.87. The first-order chi connectivity index (χ1) is 14.5. The summed E-state index contributed by atoms with van der Waals surface area (Å²) in [4.78, 5) is 38.8. The van der Waals surface area contributed by atoms with Crippen LogP contribution in [0.4, 0.5) is 15.8 Å². The van der Waals surface area contributed by atoms with Gasteiger partial charge in [-0.25, -0.2) is 4.39 Å². The molecule has 0 unspecified atom stereocenters. The Kier molecular flexibility index (Phi) is 6.03. The van der Waals surface area contributed by atoms with Crippen molar-refractivity contribution in [1.29, 1.82) is 0 Å². The Labute approximate surface area is 178 Å². The SMILES string of the molecule is O=C1N[C@@H](C(=O)Nc2cccc(N3CCCC3=O)c2)CS[C@H]1Cc1ccccc1F. The number of anilines is 2. The standard InChI is InChI=1S/C22H22FN3O3S/c23-17-8-2-1-5-14(17)11-19-22(29)25-18(13-30-19)21(28)24-15-6-3-7-16(12-15)26-10-4-9-20(26)27/h1-3,5-8,12,18-19H,4,9-11,13H2,(H,24,28)(H,25,29)/t18-,19+/m1/s1. The minimum absolute atomic E-state index is 0.0790. The Morgan fingerprint density at radius 2 is 2.03 bits per heavy atom. The lowest BCUT2D eigenvalue weighted by Gasteiger charge is -2.28. The molecule has 2 N–H and O–H groups in total. The fourth-order valence-corrected chi connectivity index (χ4v) is 4.83. The number of amides is 3. The maximum atomic E-state index is 13.9. The van der Waals surface area contributed by atoms with Crippen molar-refractivity contribution in [1.82, 2.24) is 5.32 Å². The lowest BCUT2D eigenvalue weighted by molar-refractivity contribution is -0.126. The van der Waals surface area contributed by atoms with E-state index in [2.05, 4.69) is 10.6 Å². The van der Waals surface area contributed by atoms with E-state index in [0.717, 1.165) is 12.1 Å². The second kappa shape index (κ2) is 8.87. The van der Waals surface area contributed by atoms with Gasteiger partial charge in [-0.15, -0.1) is 11.8 Å². The molecule has 30 heavy (non-hydrogen) atoms. The molecule has 2 saturated heterocycles. The van der Waals surface area contributed by atoms with Gasteiger partial charge in [0.05, 0.1) is 5.25 Å². The number of halogens is 1. The largest absolute Gasteiger partial charge is 0.343 e. The van der Waals surface area contributed by atoms with Crippen LogP contribution in [0.15, 0.2) is 48.5 Å². The van der Waals surface area contributed by atoms with Crippen LogP contribution < -0.4 is 15.5 Å². The lowest BCUT2D eigenvalue weighted by atomic mass is 10.1. The molecule has 0 spiro atoms. The maximum Gasteiger partial charge on any atom is 0.247 e. The van der Waals surface area contributed by atoms with Gasteiger partial charge in [0, 0.05) is 30.1 Å². The number of thioether (sulfide) groups is 1. The van der Waals surface area contributed by atoms with Crippen LogP contribution in [-0.2, 0) is 20.8 Å². The van der Waals surface area contributed by atoms with Crippen molar-refractivity contribution >= 4 is 40.9 Å². The second-order valence-electron chi connectivity index (χ2n) is 7.37. The predicted molar refractivity (Wildman–Crippen MR) is 115 cm³/mol. The average Bonchev–Trinajstić information content (AvgIpc) is 3.17. The highest BCUT2D eigenvalue weighted by molar-refractivity contribution is 8.00. The molecule has 4 rings (SSSR count). The van der Waals surface area contributed by atoms with Gasteiger partial charge in [-0.2, -0.15) is 0 Å². The summed E-state index contributed by atoms with van der Waals surface area (Å²) >= 11 is 1.35. The van der Waals surface area contributed by atoms with E-state index >= 15 is 0 Å². The molecule has 2 aromatic rings. The molecule has 0 radical (unpaired) electrons. The van der Waals surface area contributed by atoms with Gasteiger partial charge in [-0.3, -0.25) is 14.4 Å². The van der Waals surface area contributed by atoms with Crippen molar-refractivity contribution in [2.75, 3.05) is 22.5 Å². The van der Waals surface area contributed by atoms with Gasteiger partial charge in [0.1, 0.15) is 11.9 Å². The normalized spacial score (nSPS) is 21.4. The molecule has 2 aliphatic heterocycles. The van der Waals surface area contributed by atoms with Gasteiger partial charge in [0.25, 0.3) is 0 Å². The van der Waals surface area contributed by atoms with E-state index in [0.29, 0.717) is 30.0 Å². The topological polar surface area (TPSA) is 78.5 Å². The Balaban J connectivity index is 1.36. The number of hydrogen-bond acceptors (Lipinski definition) is 4. The minimum Gasteiger partial charge on any atom is -0.343 e. The molecule has 6 nitrogen and oxygen atoms in total. The highest BCUT2D eigenvalue weighted by Gasteiger charge is 2.33. The van der Waals surface area contributed by atoms with Crippen LogP contribution in [0.2, 0.25) is 0 Å². The zero-order chi connectivity index (χ0) is 21.1. The summed E-state index contributed by atoms with van der Waals surface area (Å²) in [5, 5.41) is 5.13. The van der Waals surface area contributed by atoms with Crippen LogP contribution in [0.1, 0.15) is 18.4 Å².